The molecule has 4 nitrogen and oxygen atoms in total. The highest BCUT2D eigenvalue weighted by atomic mass is 79.9. The van der Waals surface area contributed by atoms with Crippen molar-refractivity contribution in [2.45, 2.75) is 56.5 Å². The lowest BCUT2D eigenvalue weighted by molar-refractivity contribution is 0.248. The minimum atomic E-state index is -3.47. The fraction of sp³-hybridized carbons (Fsp3) is 0.600. The van der Waals surface area contributed by atoms with Crippen molar-refractivity contribution in [3.63, 3.8) is 0 Å². The Labute approximate surface area is 135 Å². The molecule has 2 N–H and O–H groups in total. The van der Waals surface area contributed by atoms with E-state index >= 15 is 0 Å². The van der Waals surface area contributed by atoms with Gasteiger partial charge in [0.25, 0.3) is 0 Å². The molecule has 2 rings (SSSR count). The van der Waals surface area contributed by atoms with E-state index in [0.29, 0.717) is 9.37 Å². The van der Waals surface area contributed by atoms with Crippen molar-refractivity contribution >= 4 is 26.0 Å². The largest absolute Gasteiger partial charge is 0.313 e. The molecule has 0 saturated heterocycles. The fourth-order valence-corrected chi connectivity index (χ4v) is 5.06. The van der Waals surface area contributed by atoms with Crippen LogP contribution in [0.5, 0.6) is 0 Å². The van der Waals surface area contributed by atoms with Gasteiger partial charge in [0.05, 0.1) is 4.90 Å². The maximum atomic E-state index is 12.5. The van der Waals surface area contributed by atoms with Gasteiger partial charge in [0, 0.05) is 16.6 Å². The van der Waals surface area contributed by atoms with Gasteiger partial charge in [-0.2, -0.15) is 0 Å². The van der Waals surface area contributed by atoms with E-state index in [2.05, 4.69) is 32.9 Å². The number of nitrogens with one attached hydrogen (secondary N) is 2. The van der Waals surface area contributed by atoms with Crippen LogP contribution < -0.4 is 10.0 Å². The highest BCUT2D eigenvalue weighted by Gasteiger charge is 2.36. The minimum Gasteiger partial charge on any atom is -0.313 e. The predicted molar refractivity (Wildman–Crippen MR) is 88.7 cm³/mol. The number of hydrogen-bond acceptors (Lipinski definition) is 3. The lowest BCUT2D eigenvalue weighted by atomic mass is 9.80. The van der Waals surface area contributed by atoms with E-state index in [4.69, 9.17) is 0 Å². The Morgan fingerprint density at radius 3 is 2.57 bits per heavy atom. The first-order valence-corrected chi connectivity index (χ1v) is 9.67. The number of hydrogen-bond donors (Lipinski definition) is 2. The van der Waals surface area contributed by atoms with Crippen molar-refractivity contribution < 1.29 is 8.42 Å². The van der Waals surface area contributed by atoms with Gasteiger partial charge in [0.2, 0.25) is 10.0 Å². The number of rotatable bonds is 7. The van der Waals surface area contributed by atoms with Gasteiger partial charge in [-0.05, 0) is 72.8 Å². The van der Waals surface area contributed by atoms with Gasteiger partial charge in [-0.1, -0.05) is 13.0 Å². The molecule has 0 heterocycles. The van der Waals surface area contributed by atoms with Crippen LogP contribution in [-0.4, -0.2) is 20.5 Å². The van der Waals surface area contributed by atoms with E-state index in [0.717, 1.165) is 44.3 Å². The fourth-order valence-electron chi connectivity index (χ4n) is 2.47. The van der Waals surface area contributed by atoms with Crippen LogP contribution in [-0.2, 0) is 16.6 Å². The molecule has 1 fully saturated rings. The van der Waals surface area contributed by atoms with Crippen molar-refractivity contribution in [3.8, 4) is 0 Å². The Hall–Kier alpha value is -0.430. The quantitative estimate of drug-likeness (QED) is 0.720. The summed E-state index contributed by atoms with van der Waals surface area (Å²) < 4.78 is 28.4. The third-order valence-electron chi connectivity index (χ3n) is 3.88. The van der Waals surface area contributed by atoms with E-state index in [1.54, 1.807) is 6.07 Å². The first-order chi connectivity index (χ1) is 9.86. The standard InChI is InChI=1S/C15H23BrN2O2S/c1-3-9-17-11-12-5-6-14(13(16)10-12)21(19,20)18-15(2)7-4-8-15/h5-6,10,17-18H,3-4,7-9,11H2,1-2H3. The molecular weight excluding hydrogens is 352 g/mol. The van der Waals surface area contributed by atoms with E-state index in [9.17, 15) is 8.42 Å². The van der Waals surface area contributed by atoms with E-state index in [1.165, 1.54) is 0 Å². The molecule has 0 amide bonds. The molecule has 0 bridgehead atoms. The molecule has 1 aliphatic carbocycles. The Morgan fingerprint density at radius 2 is 2.05 bits per heavy atom. The van der Waals surface area contributed by atoms with E-state index in [-0.39, 0.29) is 5.54 Å². The number of benzene rings is 1. The molecule has 0 aliphatic heterocycles. The van der Waals surface area contributed by atoms with Crippen LogP contribution in [0, 0.1) is 0 Å². The normalized spacial score (nSPS) is 17.5. The zero-order valence-corrected chi connectivity index (χ0v) is 15.0. The highest BCUT2D eigenvalue weighted by molar-refractivity contribution is 9.10. The van der Waals surface area contributed by atoms with Crippen LogP contribution in [0.25, 0.3) is 0 Å². The maximum absolute atomic E-state index is 12.5. The van der Waals surface area contributed by atoms with Crippen molar-refractivity contribution in [1.29, 1.82) is 0 Å². The maximum Gasteiger partial charge on any atom is 0.242 e. The number of halogens is 1. The lowest BCUT2D eigenvalue weighted by Gasteiger charge is -2.38. The summed E-state index contributed by atoms with van der Waals surface area (Å²) in [6.07, 6.45) is 3.98. The van der Waals surface area contributed by atoms with E-state index in [1.807, 2.05) is 19.1 Å². The average molecular weight is 375 g/mol. The number of sulfonamides is 1. The van der Waals surface area contributed by atoms with Crippen molar-refractivity contribution in [1.82, 2.24) is 10.0 Å². The van der Waals surface area contributed by atoms with Crippen molar-refractivity contribution in [2.24, 2.45) is 0 Å². The van der Waals surface area contributed by atoms with Crippen molar-refractivity contribution in [3.05, 3.63) is 28.2 Å². The summed E-state index contributed by atoms with van der Waals surface area (Å²) in [7, 11) is -3.47. The van der Waals surface area contributed by atoms with Gasteiger partial charge in [0.1, 0.15) is 0 Å². The molecule has 1 aromatic carbocycles. The van der Waals surface area contributed by atoms with Crippen molar-refractivity contribution in [2.75, 3.05) is 6.54 Å². The van der Waals surface area contributed by atoms with Gasteiger partial charge in [-0.15, -0.1) is 0 Å². The summed E-state index contributed by atoms with van der Waals surface area (Å²) in [5, 5.41) is 3.31. The predicted octanol–water partition coefficient (Wildman–Crippen LogP) is 3.17. The van der Waals surface area contributed by atoms with Gasteiger partial charge >= 0.3 is 0 Å². The Bertz CT molecular complexity index is 598. The summed E-state index contributed by atoms with van der Waals surface area (Å²) in [5.41, 5.74) is 0.795. The second-order valence-corrected chi connectivity index (χ2v) is 8.47. The molecule has 6 heteroatoms. The summed E-state index contributed by atoms with van der Waals surface area (Å²) in [6.45, 7) is 5.78. The molecule has 21 heavy (non-hydrogen) atoms. The van der Waals surface area contributed by atoms with Crippen LogP contribution in [0.3, 0.4) is 0 Å². The second kappa shape index (κ2) is 6.77. The molecule has 0 spiro atoms. The third kappa shape index (κ3) is 4.28. The second-order valence-electron chi connectivity index (χ2n) is 5.96. The lowest BCUT2D eigenvalue weighted by Crippen LogP contribution is -2.50. The Kier molecular flexibility index (Phi) is 5.46. The smallest absolute Gasteiger partial charge is 0.242 e. The SMILES string of the molecule is CCCNCc1ccc(S(=O)(=O)NC2(C)CCC2)c(Br)c1. The molecule has 0 radical (unpaired) electrons. The molecule has 0 atom stereocenters. The zero-order chi connectivity index (χ0) is 15.5. The summed E-state index contributed by atoms with van der Waals surface area (Å²) in [6, 6.07) is 5.42. The van der Waals surface area contributed by atoms with Crippen LogP contribution in [0.2, 0.25) is 0 Å². The van der Waals surface area contributed by atoms with Crippen LogP contribution in [0.15, 0.2) is 27.6 Å². The Balaban J connectivity index is 2.12. The molecule has 1 aromatic rings. The molecular formula is C15H23BrN2O2S. The topological polar surface area (TPSA) is 58.2 Å². The van der Waals surface area contributed by atoms with Gasteiger partial charge in [-0.3, -0.25) is 0 Å². The van der Waals surface area contributed by atoms with Crippen LogP contribution in [0.1, 0.15) is 45.1 Å². The van der Waals surface area contributed by atoms with Crippen LogP contribution >= 0.6 is 15.9 Å². The summed E-state index contributed by atoms with van der Waals surface area (Å²) in [5.74, 6) is 0. The van der Waals surface area contributed by atoms with Gasteiger partial charge in [0.15, 0.2) is 0 Å². The average Bonchev–Trinajstić information content (AvgIpc) is 2.36. The molecule has 1 aliphatic rings. The zero-order valence-electron chi connectivity index (χ0n) is 12.6. The van der Waals surface area contributed by atoms with Crippen LogP contribution in [0.4, 0.5) is 0 Å². The first kappa shape index (κ1) is 16.9. The monoisotopic (exact) mass is 374 g/mol. The van der Waals surface area contributed by atoms with E-state index < -0.39 is 10.0 Å². The van der Waals surface area contributed by atoms with Gasteiger partial charge in [-0.25, -0.2) is 13.1 Å². The molecule has 0 unspecified atom stereocenters. The molecule has 0 aromatic heterocycles. The third-order valence-corrected chi connectivity index (χ3v) is 6.49. The Morgan fingerprint density at radius 1 is 1.33 bits per heavy atom. The minimum absolute atomic E-state index is 0.278. The molecule has 1 saturated carbocycles. The summed E-state index contributed by atoms with van der Waals surface area (Å²) >= 11 is 3.39. The summed E-state index contributed by atoms with van der Waals surface area (Å²) in [4.78, 5) is 0.315. The molecule has 118 valence electrons. The highest BCUT2D eigenvalue weighted by Crippen LogP contribution is 2.33. The first-order valence-electron chi connectivity index (χ1n) is 7.39. The van der Waals surface area contributed by atoms with Gasteiger partial charge < -0.3 is 5.32 Å².